The van der Waals surface area contributed by atoms with Crippen LogP contribution in [-0.4, -0.2) is 9.78 Å². The van der Waals surface area contributed by atoms with E-state index in [-0.39, 0.29) is 6.04 Å². The van der Waals surface area contributed by atoms with Crippen LogP contribution in [0.5, 0.6) is 0 Å². The topological polar surface area (TPSA) is 43.8 Å². The van der Waals surface area contributed by atoms with Crippen LogP contribution in [0.25, 0.3) is 0 Å². The van der Waals surface area contributed by atoms with Gasteiger partial charge >= 0.3 is 0 Å². The van der Waals surface area contributed by atoms with Crippen molar-refractivity contribution >= 4 is 0 Å². The van der Waals surface area contributed by atoms with Crippen molar-refractivity contribution in [2.24, 2.45) is 12.8 Å². The Morgan fingerprint density at radius 2 is 1.88 bits per heavy atom. The minimum Gasteiger partial charge on any atom is -0.320 e. The van der Waals surface area contributed by atoms with Gasteiger partial charge < -0.3 is 5.73 Å². The normalized spacial score (nSPS) is 12.8. The van der Waals surface area contributed by atoms with Gasteiger partial charge in [-0.3, -0.25) is 4.68 Å². The SMILES string of the molecule is Cc1cccc(C)c1C(N)c1cnn(C)c1. The summed E-state index contributed by atoms with van der Waals surface area (Å²) in [6.07, 6.45) is 3.80. The second kappa shape index (κ2) is 4.10. The van der Waals surface area contributed by atoms with Gasteiger partial charge in [0.15, 0.2) is 0 Å². The van der Waals surface area contributed by atoms with E-state index in [1.165, 1.54) is 16.7 Å². The molecular formula is C13H17N3. The zero-order valence-electron chi connectivity index (χ0n) is 9.94. The lowest BCUT2D eigenvalue weighted by Gasteiger charge is -2.16. The molecule has 3 nitrogen and oxygen atoms in total. The van der Waals surface area contributed by atoms with E-state index in [1.54, 1.807) is 4.68 Å². The molecule has 1 unspecified atom stereocenters. The van der Waals surface area contributed by atoms with Gasteiger partial charge in [0.25, 0.3) is 0 Å². The molecule has 0 fully saturated rings. The van der Waals surface area contributed by atoms with Crippen LogP contribution in [0, 0.1) is 13.8 Å². The van der Waals surface area contributed by atoms with Gasteiger partial charge in [0.1, 0.15) is 0 Å². The highest BCUT2D eigenvalue weighted by Crippen LogP contribution is 2.25. The number of nitrogens with two attached hydrogens (primary N) is 1. The van der Waals surface area contributed by atoms with Crippen LogP contribution in [-0.2, 0) is 7.05 Å². The number of nitrogens with zero attached hydrogens (tertiary/aromatic N) is 2. The Hall–Kier alpha value is -1.61. The van der Waals surface area contributed by atoms with Crippen LogP contribution in [0.4, 0.5) is 0 Å². The van der Waals surface area contributed by atoms with Crippen molar-refractivity contribution in [1.82, 2.24) is 9.78 Å². The molecule has 1 heterocycles. The first-order valence-electron chi connectivity index (χ1n) is 5.40. The highest BCUT2D eigenvalue weighted by Gasteiger charge is 2.14. The molecule has 0 radical (unpaired) electrons. The van der Waals surface area contributed by atoms with E-state index in [2.05, 4.69) is 37.1 Å². The monoisotopic (exact) mass is 215 g/mol. The summed E-state index contributed by atoms with van der Waals surface area (Å²) in [5.41, 5.74) is 11.0. The van der Waals surface area contributed by atoms with Gasteiger partial charge in [-0.15, -0.1) is 0 Å². The van der Waals surface area contributed by atoms with Gasteiger partial charge in [0.2, 0.25) is 0 Å². The minimum absolute atomic E-state index is 0.0881. The van der Waals surface area contributed by atoms with Crippen molar-refractivity contribution in [3.63, 3.8) is 0 Å². The van der Waals surface area contributed by atoms with E-state index in [4.69, 9.17) is 5.73 Å². The van der Waals surface area contributed by atoms with E-state index < -0.39 is 0 Å². The summed E-state index contributed by atoms with van der Waals surface area (Å²) in [6.45, 7) is 4.19. The standard InChI is InChI=1S/C13H17N3/c1-9-5-4-6-10(2)12(9)13(14)11-7-15-16(3)8-11/h4-8,13H,14H2,1-3H3. The quantitative estimate of drug-likeness (QED) is 0.833. The second-order valence-corrected chi connectivity index (χ2v) is 4.23. The molecule has 0 saturated heterocycles. The smallest absolute Gasteiger partial charge is 0.0588 e. The van der Waals surface area contributed by atoms with Crippen molar-refractivity contribution in [3.05, 3.63) is 52.8 Å². The third-order valence-electron chi connectivity index (χ3n) is 2.94. The first kappa shape index (κ1) is 10.9. The molecule has 84 valence electrons. The summed E-state index contributed by atoms with van der Waals surface area (Å²) in [4.78, 5) is 0. The fourth-order valence-electron chi connectivity index (χ4n) is 2.09. The maximum Gasteiger partial charge on any atom is 0.0588 e. The third-order valence-corrected chi connectivity index (χ3v) is 2.94. The Labute approximate surface area is 95.9 Å². The zero-order valence-corrected chi connectivity index (χ0v) is 9.94. The van der Waals surface area contributed by atoms with Crippen molar-refractivity contribution in [1.29, 1.82) is 0 Å². The summed E-state index contributed by atoms with van der Waals surface area (Å²) in [5, 5.41) is 4.16. The van der Waals surface area contributed by atoms with Gasteiger partial charge in [-0.1, -0.05) is 18.2 Å². The molecule has 2 rings (SSSR count). The van der Waals surface area contributed by atoms with Gasteiger partial charge in [0, 0.05) is 18.8 Å². The molecule has 0 aliphatic carbocycles. The Morgan fingerprint density at radius 1 is 1.25 bits per heavy atom. The van der Waals surface area contributed by atoms with Crippen molar-refractivity contribution in [2.75, 3.05) is 0 Å². The predicted molar refractivity (Wildman–Crippen MR) is 65.2 cm³/mol. The molecule has 2 N–H and O–H groups in total. The summed E-state index contributed by atoms with van der Waals surface area (Å²) in [6, 6.07) is 6.16. The van der Waals surface area contributed by atoms with Gasteiger partial charge in [-0.05, 0) is 30.5 Å². The van der Waals surface area contributed by atoms with E-state index in [0.717, 1.165) is 5.56 Å². The molecule has 1 aromatic carbocycles. The Bertz CT molecular complexity index is 479. The zero-order chi connectivity index (χ0) is 11.7. The lowest BCUT2D eigenvalue weighted by Crippen LogP contribution is -2.14. The molecule has 0 amide bonds. The van der Waals surface area contributed by atoms with Crippen molar-refractivity contribution in [2.45, 2.75) is 19.9 Å². The largest absolute Gasteiger partial charge is 0.320 e. The third kappa shape index (κ3) is 1.86. The maximum atomic E-state index is 6.28. The van der Waals surface area contributed by atoms with Crippen molar-refractivity contribution < 1.29 is 0 Å². The van der Waals surface area contributed by atoms with Gasteiger partial charge in [-0.25, -0.2) is 0 Å². The molecule has 0 aliphatic rings. The molecule has 0 aliphatic heterocycles. The summed E-state index contributed by atoms with van der Waals surface area (Å²) in [7, 11) is 1.90. The van der Waals surface area contributed by atoms with Crippen LogP contribution < -0.4 is 5.73 Å². The molecule has 3 heteroatoms. The van der Waals surface area contributed by atoms with Crippen LogP contribution >= 0.6 is 0 Å². The predicted octanol–water partition coefficient (Wildman–Crippen LogP) is 2.09. The maximum absolute atomic E-state index is 6.28. The number of aromatic nitrogens is 2. The average molecular weight is 215 g/mol. The first-order chi connectivity index (χ1) is 7.59. The van der Waals surface area contributed by atoms with Crippen LogP contribution in [0.2, 0.25) is 0 Å². The highest BCUT2D eigenvalue weighted by atomic mass is 15.2. The summed E-state index contributed by atoms with van der Waals surface area (Å²) >= 11 is 0. The number of rotatable bonds is 2. The summed E-state index contributed by atoms with van der Waals surface area (Å²) < 4.78 is 1.78. The second-order valence-electron chi connectivity index (χ2n) is 4.23. The fraction of sp³-hybridized carbons (Fsp3) is 0.308. The van der Waals surface area contributed by atoms with Crippen molar-refractivity contribution in [3.8, 4) is 0 Å². The van der Waals surface area contributed by atoms with Crippen LogP contribution in [0.15, 0.2) is 30.6 Å². The van der Waals surface area contributed by atoms with Crippen LogP contribution in [0.1, 0.15) is 28.3 Å². The van der Waals surface area contributed by atoms with E-state index in [9.17, 15) is 0 Å². The van der Waals surface area contributed by atoms with Gasteiger partial charge in [-0.2, -0.15) is 5.10 Å². The molecule has 1 atom stereocenters. The Kier molecular flexibility index (Phi) is 2.79. The Morgan fingerprint density at radius 3 is 2.38 bits per heavy atom. The first-order valence-corrected chi connectivity index (χ1v) is 5.40. The fourth-order valence-corrected chi connectivity index (χ4v) is 2.09. The summed E-state index contributed by atoms with van der Waals surface area (Å²) in [5.74, 6) is 0. The molecule has 1 aromatic heterocycles. The molecule has 0 saturated carbocycles. The molecule has 2 aromatic rings. The lowest BCUT2D eigenvalue weighted by atomic mass is 9.93. The highest BCUT2D eigenvalue weighted by molar-refractivity contribution is 5.40. The average Bonchev–Trinajstić information content (AvgIpc) is 2.64. The Balaban J connectivity index is 2.45. The number of hydrogen-bond acceptors (Lipinski definition) is 2. The molecule has 0 bridgehead atoms. The minimum atomic E-state index is -0.0881. The molecule has 0 spiro atoms. The van der Waals surface area contributed by atoms with E-state index in [1.807, 2.05) is 19.4 Å². The van der Waals surface area contributed by atoms with Crippen LogP contribution in [0.3, 0.4) is 0 Å². The van der Waals surface area contributed by atoms with E-state index >= 15 is 0 Å². The number of aryl methyl sites for hydroxylation is 3. The molecule has 16 heavy (non-hydrogen) atoms. The van der Waals surface area contributed by atoms with Gasteiger partial charge in [0.05, 0.1) is 12.2 Å². The number of hydrogen-bond donors (Lipinski definition) is 1. The van der Waals surface area contributed by atoms with E-state index in [0.29, 0.717) is 0 Å². The lowest BCUT2D eigenvalue weighted by molar-refractivity contribution is 0.764. The molecular weight excluding hydrogens is 198 g/mol. The number of benzene rings is 1.